The monoisotopic (exact) mass is 307 g/mol. The Labute approximate surface area is 129 Å². The average Bonchev–Trinajstić information content (AvgIpc) is 2.67. The molecule has 5 nitrogen and oxygen atoms in total. The smallest absolute Gasteiger partial charge is 0.269 e. The van der Waals surface area contributed by atoms with Crippen LogP contribution >= 0.6 is 11.8 Å². The first-order valence-corrected chi connectivity index (χ1v) is 7.81. The topological polar surface area (TPSA) is 58.7 Å². The highest BCUT2D eigenvalue weighted by atomic mass is 32.2. The zero-order valence-corrected chi connectivity index (χ0v) is 13.9. The molecule has 1 aliphatic rings. The number of nitro benzene ring substituents is 1. The first-order valence-electron chi connectivity index (χ1n) is 6.99. The van der Waals surface area contributed by atoms with E-state index < -0.39 is 0 Å². The first kappa shape index (κ1) is 15.8. The highest BCUT2D eigenvalue weighted by Crippen LogP contribution is 2.38. The summed E-state index contributed by atoms with van der Waals surface area (Å²) in [6, 6.07) is 5.20. The molecular weight excluding hydrogens is 286 g/mol. The van der Waals surface area contributed by atoms with Crippen molar-refractivity contribution < 1.29 is 4.92 Å². The molecule has 114 valence electrons. The summed E-state index contributed by atoms with van der Waals surface area (Å²) in [6.45, 7) is 11.5. The van der Waals surface area contributed by atoms with Crippen LogP contribution in [-0.2, 0) is 0 Å². The Morgan fingerprint density at radius 2 is 2.10 bits per heavy atom. The molecule has 0 aromatic heterocycles. The first-order chi connectivity index (χ1) is 9.69. The van der Waals surface area contributed by atoms with Crippen molar-refractivity contribution in [1.82, 2.24) is 4.90 Å². The minimum Gasteiger partial charge on any atom is -0.347 e. The molecule has 21 heavy (non-hydrogen) atoms. The third-order valence-corrected chi connectivity index (χ3v) is 4.59. The molecule has 6 heteroatoms. The van der Waals surface area contributed by atoms with Gasteiger partial charge in [-0.3, -0.25) is 10.1 Å². The molecule has 1 aromatic carbocycles. The maximum atomic E-state index is 10.8. The van der Waals surface area contributed by atoms with Gasteiger partial charge in [0.2, 0.25) is 0 Å². The van der Waals surface area contributed by atoms with Crippen molar-refractivity contribution in [2.45, 2.75) is 45.4 Å². The van der Waals surface area contributed by atoms with Crippen molar-refractivity contribution in [2.75, 3.05) is 6.54 Å². The average molecular weight is 307 g/mol. The number of thioether (sulfide) groups is 1. The summed E-state index contributed by atoms with van der Waals surface area (Å²) in [6.07, 6.45) is 0. The molecule has 0 saturated carbocycles. The molecule has 0 spiro atoms. The number of amidine groups is 1. The molecule has 0 atom stereocenters. The highest BCUT2D eigenvalue weighted by Gasteiger charge is 2.36. The summed E-state index contributed by atoms with van der Waals surface area (Å²) in [5, 5.41) is 11.8. The van der Waals surface area contributed by atoms with Gasteiger partial charge >= 0.3 is 0 Å². The van der Waals surface area contributed by atoms with E-state index >= 15 is 0 Å². The summed E-state index contributed by atoms with van der Waals surface area (Å²) in [7, 11) is 0. The van der Waals surface area contributed by atoms with Crippen LogP contribution in [0.1, 0.15) is 33.3 Å². The summed E-state index contributed by atoms with van der Waals surface area (Å²) in [4.78, 5) is 17.4. The van der Waals surface area contributed by atoms with Gasteiger partial charge in [-0.1, -0.05) is 11.8 Å². The van der Waals surface area contributed by atoms with Crippen molar-refractivity contribution in [1.29, 1.82) is 0 Å². The number of aliphatic imine (C=N–C) groups is 1. The van der Waals surface area contributed by atoms with Gasteiger partial charge in [0.05, 0.1) is 10.6 Å². The van der Waals surface area contributed by atoms with E-state index in [9.17, 15) is 10.1 Å². The molecule has 1 fully saturated rings. The van der Waals surface area contributed by atoms with E-state index in [1.807, 2.05) is 6.92 Å². The van der Waals surface area contributed by atoms with Crippen LogP contribution in [-0.4, -0.2) is 32.3 Å². The summed E-state index contributed by atoms with van der Waals surface area (Å²) < 4.78 is 0.137. The van der Waals surface area contributed by atoms with Crippen LogP contribution in [0.25, 0.3) is 0 Å². The van der Waals surface area contributed by atoms with Crippen molar-refractivity contribution in [3.05, 3.63) is 33.9 Å². The SMILES string of the molecule is Cc1cc([N+](=O)[O-])ccc1N=C1SC(C)(C)CN1C(C)C. The molecule has 0 N–H and O–H groups in total. The number of hydrogen-bond donors (Lipinski definition) is 0. The Bertz CT molecular complexity index is 597. The predicted octanol–water partition coefficient (Wildman–Crippen LogP) is 4.13. The maximum absolute atomic E-state index is 10.8. The van der Waals surface area contributed by atoms with Gasteiger partial charge in [-0.15, -0.1) is 0 Å². The molecule has 1 aliphatic heterocycles. The quantitative estimate of drug-likeness (QED) is 0.622. The van der Waals surface area contributed by atoms with Crippen LogP contribution in [0, 0.1) is 17.0 Å². The lowest BCUT2D eigenvalue weighted by molar-refractivity contribution is -0.384. The molecule has 1 heterocycles. The fourth-order valence-corrected chi connectivity index (χ4v) is 3.52. The lowest BCUT2D eigenvalue weighted by Gasteiger charge is -2.23. The van der Waals surface area contributed by atoms with Crippen LogP contribution < -0.4 is 0 Å². The molecule has 0 radical (unpaired) electrons. The lowest BCUT2D eigenvalue weighted by atomic mass is 10.2. The Kier molecular flexibility index (Phi) is 4.27. The molecule has 0 unspecified atom stereocenters. The number of benzene rings is 1. The fraction of sp³-hybridized carbons (Fsp3) is 0.533. The lowest BCUT2D eigenvalue weighted by Crippen LogP contribution is -2.34. The van der Waals surface area contributed by atoms with Crippen LogP contribution in [0.15, 0.2) is 23.2 Å². The highest BCUT2D eigenvalue weighted by molar-refractivity contribution is 8.15. The largest absolute Gasteiger partial charge is 0.347 e. The number of hydrogen-bond acceptors (Lipinski definition) is 4. The number of rotatable bonds is 3. The van der Waals surface area contributed by atoms with Crippen LogP contribution in [0.4, 0.5) is 11.4 Å². The van der Waals surface area contributed by atoms with Crippen molar-refractivity contribution >= 4 is 28.3 Å². The van der Waals surface area contributed by atoms with Gasteiger partial charge in [0, 0.05) is 29.5 Å². The van der Waals surface area contributed by atoms with E-state index in [4.69, 9.17) is 4.99 Å². The van der Waals surface area contributed by atoms with E-state index in [0.717, 1.165) is 23.0 Å². The van der Waals surface area contributed by atoms with E-state index in [0.29, 0.717) is 6.04 Å². The number of non-ortho nitro benzene ring substituents is 1. The van der Waals surface area contributed by atoms with Gasteiger partial charge in [-0.05, 0) is 46.2 Å². The van der Waals surface area contributed by atoms with E-state index in [1.54, 1.807) is 23.9 Å². The van der Waals surface area contributed by atoms with Crippen LogP contribution in [0.3, 0.4) is 0 Å². The summed E-state index contributed by atoms with van der Waals surface area (Å²) in [5.74, 6) is 0. The van der Waals surface area contributed by atoms with Gasteiger partial charge in [0.25, 0.3) is 5.69 Å². The van der Waals surface area contributed by atoms with Gasteiger partial charge < -0.3 is 4.90 Å². The predicted molar refractivity (Wildman–Crippen MR) is 88.4 cm³/mol. The zero-order chi connectivity index (χ0) is 15.8. The van der Waals surface area contributed by atoms with Crippen LogP contribution in [0.5, 0.6) is 0 Å². The maximum Gasteiger partial charge on any atom is 0.269 e. The standard InChI is InChI=1S/C15H21N3O2S/c1-10(2)17-9-15(4,5)21-14(17)16-13-7-6-12(18(19)20)8-11(13)3/h6-8,10H,9H2,1-5H3. The van der Waals surface area contributed by atoms with Crippen molar-refractivity contribution in [3.63, 3.8) is 0 Å². The normalized spacial score (nSPS) is 19.5. The Hall–Kier alpha value is -1.56. The third-order valence-electron chi connectivity index (χ3n) is 3.40. The van der Waals surface area contributed by atoms with E-state index in [-0.39, 0.29) is 15.4 Å². The minimum atomic E-state index is -0.377. The molecule has 0 aliphatic carbocycles. The second-order valence-corrected chi connectivity index (χ2v) is 7.88. The fourth-order valence-electron chi connectivity index (χ4n) is 2.29. The Morgan fingerprint density at radius 1 is 1.43 bits per heavy atom. The molecule has 1 saturated heterocycles. The van der Waals surface area contributed by atoms with Gasteiger partial charge in [-0.25, -0.2) is 4.99 Å². The Balaban J connectivity index is 2.36. The summed E-state index contributed by atoms with van der Waals surface area (Å²) >= 11 is 1.76. The van der Waals surface area contributed by atoms with Gasteiger partial charge in [0.15, 0.2) is 5.17 Å². The number of nitro groups is 1. The van der Waals surface area contributed by atoms with Crippen LogP contribution in [0.2, 0.25) is 0 Å². The van der Waals surface area contributed by atoms with Gasteiger partial charge in [-0.2, -0.15) is 0 Å². The van der Waals surface area contributed by atoms with Gasteiger partial charge in [0.1, 0.15) is 0 Å². The van der Waals surface area contributed by atoms with Crippen molar-refractivity contribution in [3.8, 4) is 0 Å². The minimum absolute atomic E-state index is 0.108. The van der Waals surface area contributed by atoms with E-state index in [2.05, 4.69) is 32.6 Å². The van der Waals surface area contributed by atoms with E-state index in [1.165, 1.54) is 6.07 Å². The number of aryl methyl sites for hydroxylation is 1. The second-order valence-electron chi connectivity index (χ2n) is 6.21. The molecular formula is C15H21N3O2S. The number of nitrogens with zero attached hydrogens (tertiary/aromatic N) is 3. The molecule has 2 rings (SSSR count). The Morgan fingerprint density at radius 3 is 2.62 bits per heavy atom. The van der Waals surface area contributed by atoms with Crippen molar-refractivity contribution in [2.24, 2.45) is 4.99 Å². The molecule has 1 aromatic rings. The second kappa shape index (κ2) is 5.67. The molecule has 0 amide bonds. The zero-order valence-electron chi connectivity index (χ0n) is 13.1. The third kappa shape index (κ3) is 3.56. The summed E-state index contributed by atoms with van der Waals surface area (Å²) in [5.41, 5.74) is 1.73. The molecule has 0 bridgehead atoms.